The number of carbonyl (C=O) groups excluding carboxylic acids is 1. The number of phenols is 1. The topological polar surface area (TPSA) is 60.8 Å². The first-order valence-corrected chi connectivity index (χ1v) is 6.61. The predicted octanol–water partition coefficient (Wildman–Crippen LogP) is 1.59. The zero-order valence-corrected chi connectivity index (χ0v) is 11.4. The van der Waals surface area contributed by atoms with Gasteiger partial charge in [0.25, 0.3) is 5.91 Å². The lowest BCUT2D eigenvalue weighted by atomic mass is 10.1. The van der Waals surface area contributed by atoms with E-state index < -0.39 is 6.10 Å². The van der Waals surface area contributed by atoms with Crippen LogP contribution in [-0.4, -0.2) is 40.2 Å². The maximum atomic E-state index is 12.2. The molecule has 1 aromatic rings. The summed E-state index contributed by atoms with van der Waals surface area (Å²) in [6, 6.07) is 4.94. The number of rotatable bonds is 1. The Hall–Kier alpha value is -0.820. The fourth-order valence-electron chi connectivity index (χ4n) is 1.99. The van der Waals surface area contributed by atoms with Crippen LogP contribution in [0.3, 0.4) is 0 Å². The van der Waals surface area contributed by atoms with E-state index in [-0.39, 0.29) is 11.7 Å². The van der Waals surface area contributed by atoms with Crippen molar-refractivity contribution in [3.8, 4) is 5.75 Å². The van der Waals surface area contributed by atoms with Crippen molar-refractivity contribution in [2.24, 2.45) is 0 Å². The Labute approximate surface area is 113 Å². The molecule has 17 heavy (non-hydrogen) atoms. The smallest absolute Gasteiger partial charge is 0.257 e. The highest BCUT2D eigenvalue weighted by molar-refractivity contribution is 14.1. The van der Waals surface area contributed by atoms with Gasteiger partial charge in [0.2, 0.25) is 0 Å². The number of aromatic hydroxyl groups is 1. The van der Waals surface area contributed by atoms with Crippen molar-refractivity contribution < 1.29 is 15.0 Å². The normalized spacial score (nSPS) is 20.4. The van der Waals surface area contributed by atoms with Crippen LogP contribution in [0.25, 0.3) is 0 Å². The van der Waals surface area contributed by atoms with E-state index in [1.165, 1.54) is 6.07 Å². The molecule has 1 aliphatic heterocycles. The van der Waals surface area contributed by atoms with Gasteiger partial charge >= 0.3 is 0 Å². The van der Waals surface area contributed by atoms with Crippen LogP contribution >= 0.6 is 22.6 Å². The molecule has 1 aliphatic rings. The van der Waals surface area contributed by atoms with Crippen molar-refractivity contribution >= 4 is 28.5 Å². The van der Waals surface area contributed by atoms with Crippen molar-refractivity contribution in [2.75, 3.05) is 13.1 Å². The molecule has 0 spiro atoms. The number of aliphatic hydroxyl groups is 1. The van der Waals surface area contributed by atoms with Crippen LogP contribution < -0.4 is 0 Å². The van der Waals surface area contributed by atoms with Gasteiger partial charge in [-0.2, -0.15) is 0 Å². The standard InChI is InChI=1S/C12H14INO3/c13-8-3-4-11(16)10(6-8)12(17)14-5-1-2-9(15)7-14/h3-4,6,9,15-16H,1-2,5,7H2. The van der Waals surface area contributed by atoms with E-state index in [9.17, 15) is 15.0 Å². The second-order valence-corrected chi connectivity index (χ2v) is 5.45. The van der Waals surface area contributed by atoms with Gasteiger partial charge in [-0.1, -0.05) is 0 Å². The summed E-state index contributed by atoms with van der Waals surface area (Å²) in [7, 11) is 0. The highest BCUT2D eigenvalue weighted by Crippen LogP contribution is 2.23. The maximum absolute atomic E-state index is 12.2. The number of likely N-dealkylation sites (tertiary alicyclic amines) is 1. The molecule has 1 fully saturated rings. The van der Waals surface area contributed by atoms with Crippen LogP contribution in [0.5, 0.6) is 5.75 Å². The zero-order chi connectivity index (χ0) is 12.4. The van der Waals surface area contributed by atoms with E-state index >= 15 is 0 Å². The molecule has 0 aliphatic carbocycles. The molecule has 1 atom stereocenters. The van der Waals surface area contributed by atoms with Crippen LogP contribution in [0, 0.1) is 3.57 Å². The van der Waals surface area contributed by atoms with Gasteiger partial charge in [-0.05, 0) is 53.6 Å². The molecule has 0 aromatic heterocycles. The number of phenolic OH excluding ortho intramolecular Hbond substituents is 1. The fraction of sp³-hybridized carbons (Fsp3) is 0.417. The van der Waals surface area contributed by atoms with Gasteiger partial charge in [0.05, 0.1) is 11.7 Å². The molecule has 4 nitrogen and oxygen atoms in total. The highest BCUT2D eigenvalue weighted by Gasteiger charge is 2.24. The number of nitrogens with zero attached hydrogens (tertiary/aromatic N) is 1. The number of amides is 1. The third-order valence-corrected chi connectivity index (χ3v) is 3.54. The van der Waals surface area contributed by atoms with E-state index in [4.69, 9.17) is 0 Å². The minimum atomic E-state index is -0.447. The second kappa shape index (κ2) is 5.22. The van der Waals surface area contributed by atoms with Gasteiger partial charge in [0.15, 0.2) is 0 Å². The highest BCUT2D eigenvalue weighted by atomic mass is 127. The van der Waals surface area contributed by atoms with Crippen LogP contribution in [0.15, 0.2) is 18.2 Å². The molecule has 5 heteroatoms. The Morgan fingerprint density at radius 3 is 2.94 bits per heavy atom. The number of benzene rings is 1. The van der Waals surface area contributed by atoms with Gasteiger partial charge in [-0.3, -0.25) is 4.79 Å². The van der Waals surface area contributed by atoms with Crippen molar-refractivity contribution in [2.45, 2.75) is 18.9 Å². The molecular formula is C12H14INO3. The number of halogens is 1. The molecule has 1 saturated heterocycles. The van der Waals surface area contributed by atoms with Crippen molar-refractivity contribution in [1.29, 1.82) is 0 Å². The molecule has 2 N–H and O–H groups in total. The Bertz CT molecular complexity index is 436. The first-order valence-electron chi connectivity index (χ1n) is 5.54. The van der Waals surface area contributed by atoms with Gasteiger partial charge < -0.3 is 15.1 Å². The number of hydrogen-bond acceptors (Lipinski definition) is 3. The average Bonchev–Trinajstić information content (AvgIpc) is 2.31. The third kappa shape index (κ3) is 2.90. The summed E-state index contributed by atoms with van der Waals surface area (Å²) in [5.41, 5.74) is 0.311. The van der Waals surface area contributed by atoms with Crippen LogP contribution in [0.1, 0.15) is 23.2 Å². The summed E-state index contributed by atoms with van der Waals surface area (Å²) in [5, 5.41) is 19.2. The molecule has 1 unspecified atom stereocenters. The van der Waals surface area contributed by atoms with Crippen molar-refractivity contribution in [3.05, 3.63) is 27.3 Å². The van der Waals surface area contributed by atoms with Crippen LogP contribution in [-0.2, 0) is 0 Å². The van der Waals surface area contributed by atoms with Gasteiger partial charge in [0.1, 0.15) is 5.75 Å². The van der Waals surface area contributed by atoms with Gasteiger partial charge in [0, 0.05) is 16.7 Å². The molecule has 1 amide bonds. The molecule has 2 rings (SSSR count). The van der Waals surface area contributed by atoms with E-state index in [1.807, 2.05) is 0 Å². The summed E-state index contributed by atoms with van der Waals surface area (Å²) in [4.78, 5) is 13.8. The molecular weight excluding hydrogens is 333 g/mol. The fourth-order valence-corrected chi connectivity index (χ4v) is 2.48. The van der Waals surface area contributed by atoms with Gasteiger partial charge in [-0.25, -0.2) is 0 Å². The van der Waals surface area contributed by atoms with E-state index in [0.717, 1.165) is 16.4 Å². The molecule has 0 bridgehead atoms. The number of hydrogen-bond donors (Lipinski definition) is 2. The first-order chi connectivity index (χ1) is 8.08. The minimum Gasteiger partial charge on any atom is -0.507 e. The third-order valence-electron chi connectivity index (χ3n) is 2.87. The summed E-state index contributed by atoms with van der Waals surface area (Å²) < 4.78 is 0.904. The van der Waals surface area contributed by atoms with Gasteiger partial charge in [-0.15, -0.1) is 0 Å². The summed E-state index contributed by atoms with van der Waals surface area (Å²) in [5.74, 6) is -0.213. The Morgan fingerprint density at radius 1 is 1.47 bits per heavy atom. The SMILES string of the molecule is O=C(c1cc(I)ccc1O)N1CCCC(O)C1. The predicted molar refractivity (Wildman–Crippen MR) is 72.0 cm³/mol. The monoisotopic (exact) mass is 347 g/mol. The lowest BCUT2D eigenvalue weighted by Gasteiger charge is -2.30. The van der Waals surface area contributed by atoms with Crippen molar-refractivity contribution in [1.82, 2.24) is 4.90 Å². The Morgan fingerprint density at radius 2 is 2.24 bits per heavy atom. The Balaban J connectivity index is 2.21. The van der Waals surface area contributed by atoms with E-state index in [1.54, 1.807) is 17.0 Å². The molecule has 1 heterocycles. The lowest BCUT2D eigenvalue weighted by Crippen LogP contribution is -2.42. The largest absolute Gasteiger partial charge is 0.507 e. The van der Waals surface area contributed by atoms with E-state index in [2.05, 4.69) is 22.6 Å². The molecule has 1 aromatic carbocycles. The molecule has 0 saturated carbocycles. The Kier molecular flexibility index (Phi) is 3.88. The number of piperidine rings is 1. The second-order valence-electron chi connectivity index (χ2n) is 4.21. The average molecular weight is 347 g/mol. The number of carbonyl (C=O) groups is 1. The first kappa shape index (κ1) is 12.6. The minimum absolute atomic E-state index is 0.00419. The summed E-state index contributed by atoms with van der Waals surface area (Å²) >= 11 is 2.10. The summed E-state index contributed by atoms with van der Waals surface area (Å²) in [6.07, 6.45) is 1.09. The zero-order valence-electron chi connectivity index (χ0n) is 9.27. The van der Waals surface area contributed by atoms with Crippen LogP contribution in [0.4, 0.5) is 0 Å². The quantitative estimate of drug-likeness (QED) is 0.759. The maximum Gasteiger partial charge on any atom is 0.257 e. The van der Waals surface area contributed by atoms with Crippen LogP contribution in [0.2, 0.25) is 0 Å². The molecule has 92 valence electrons. The summed E-state index contributed by atoms with van der Waals surface area (Å²) in [6.45, 7) is 0.991. The van der Waals surface area contributed by atoms with Crippen molar-refractivity contribution in [3.63, 3.8) is 0 Å². The number of β-amino-alcohol motifs (C(OH)–C–C–N with tert-alkyl or cyclic N) is 1. The molecule has 0 radical (unpaired) electrons. The lowest BCUT2D eigenvalue weighted by molar-refractivity contribution is 0.0471. The number of aliphatic hydroxyl groups excluding tert-OH is 1. The van der Waals surface area contributed by atoms with E-state index in [0.29, 0.717) is 18.7 Å².